The van der Waals surface area contributed by atoms with Crippen LogP contribution in [0.2, 0.25) is 0 Å². The quantitative estimate of drug-likeness (QED) is 0.627. The molecule has 0 saturated carbocycles. The molecule has 0 unspecified atom stereocenters. The zero-order chi connectivity index (χ0) is 21.4. The maximum absolute atomic E-state index is 13.5. The lowest BCUT2D eigenvalue weighted by molar-refractivity contribution is -0.136. The van der Waals surface area contributed by atoms with Crippen molar-refractivity contribution in [2.45, 2.75) is 24.5 Å². The summed E-state index contributed by atoms with van der Waals surface area (Å²) in [6.07, 6.45) is -4.79. The molecule has 2 aromatic carbocycles. The maximum atomic E-state index is 13.5. The molecule has 9 heteroatoms. The number of hydrogen-bond donors (Lipinski definition) is 0. The van der Waals surface area contributed by atoms with Gasteiger partial charge < -0.3 is 4.57 Å². The molecule has 154 valence electrons. The number of fused-ring (bicyclic) bond motifs is 1. The van der Waals surface area contributed by atoms with E-state index in [9.17, 15) is 26.4 Å². The minimum atomic E-state index is -4.79. The smallest absolute Gasteiger partial charge is 0.311 e. The average molecular weight is 424 g/mol. The highest BCUT2D eigenvalue weighted by Gasteiger charge is 2.34. The molecule has 29 heavy (non-hydrogen) atoms. The minimum Gasteiger partial charge on any atom is -0.311 e. The Hall–Kier alpha value is -2.65. The number of rotatable bonds is 5. The van der Waals surface area contributed by atoms with Gasteiger partial charge in [-0.05, 0) is 23.8 Å². The van der Waals surface area contributed by atoms with Crippen LogP contribution < -0.4 is 5.56 Å². The van der Waals surface area contributed by atoms with Crippen molar-refractivity contribution in [3.63, 3.8) is 0 Å². The number of sulfonamides is 1. The van der Waals surface area contributed by atoms with Gasteiger partial charge in [0, 0.05) is 31.6 Å². The van der Waals surface area contributed by atoms with E-state index in [1.807, 2.05) is 0 Å². The number of pyridine rings is 1. The molecule has 3 aromatic rings. The van der Waals surface area contributed by atoms with Gasteiger partial charge >= 0.3 is 6.18 Å². The van der Waals surface area contributed by atoms with Crippen molar-refractivity contribution in [3.05, 3.63) is 76.1 Å². The van der Waals surface area contributed by atoms with Crippen LogP contribution in [0.5, 0.6) is 0 Å². The van der Waals surface area contributed by atoms with Crippen molar-refractivity contribution in [2.75, 3.05) is 6.54 Å². The highest BCUT2D eigenvalue weighted by atomic mass is 32.2. The molecule has 0 fully saturated rings. The molecule has 5 nitrogen and oxygen atoms in total. The first-order chi connectivity index (χ1) is 13.6. The van der Waals surface area contributed by atoms with Crippen molar-refractivity contribution in [1.29, 1.82) is 0 Å². The van der Waals surface area contributed by atoms with Crippen LogP contribution in [0, 0.1) is 0 Å². The van der Waals surface area contributed by atoms with Gasteiger partial charge in [0.05, 0.1) is 16.0 Å². The lowest BCUT2D eigenvalue weighted by Crippen LogP contribution is -2.30. The molecule has 0 aliphatic heterocycles. The second-order valence-corrected chi connectivity index (χ2v) is 8.49. The number of nitrogens with zero attached hydrogens (tertiary/aromatic N) is 2. The van der Waals surface area contributed by atoms with Crippen LogP contribution in [0.3, 0.4) is 0 Å². The van der Waals surface area contributed by atoms with Gasteiger partial charge in [-0.15, -0.1) is 0 Å². The molecule has 0 aliphatic rings. The normalized spacial score (nSPS) is 12.6. The van der Waals surface area contributed by atoms with Crippen LogP contribution in [-0.2, 0) is 29.8 Å². The first-order valence-corrected chi connectivity index (χ1v) is 10.2. The molecule has 1 heterocycles. The van der Waals surface area contributed by atoms with Crippen molar-refractivity contribution in [2.24, 2.45) is 7.05 Å². The number of hydrogen-bond acceptors (Lipinski definition) is 3. The summed E-state index contributed by atoms with van der Waals surface area (Å²) in [5.74, 6) is 0. The van der Waals surface area contributed by atoms with Gasteiger partial charge in [0.1, 0.15) is 0 Å². The van der Waals surface area contributed by atoms with E-state index in [1.54, 1.807) is 37.3 Å². The van der Waals surface area contributed by atoms with Crippen LogP contribution >= 0.6 is 0 Å². The lowest BCUT2D eigenvalue weighted by Gasteiger charge is -2.21. The van der Waals surface area contributed by atoms with Crippen LogP contribution in [0.15, 0.2) is 64.3 Å². The first kappa shape index (κ1) is 21.1. The van der Waals surface area contributed by atoms with Gasteiger partial charge in [-0.25, -0.2) is 8.42 Å². The van der Waals surface area contributed by atoms with Crippen LogP contribution in [0.4, 0.5) is 13.2 Å². The Morgan fingerprint density at radius 3 is 2.28 bits per heavy atom. The molecule has 0 saturated heterocycles. The first-order valence-electron chi connectivity index (χ1n) is 8.80. The van der Waals surface area contributed by atoms with Crippen molar-refractivity contribution in [3.8, 4) is 0 Å². The topological polar surface area (TPSA) is 59.4 Å². The van der Waals surface area contributed by atoms with E-state index in [-0.39, 0.29) is 28.9 Å². The third-order valence-electron chi connectivity index (χ3n) is 4.72. The SMILES string of the molecule is CCN(Cc1ccccc1)S(=O)(=O)c1ccc2c(c1)c(C(F)(F)F)cc(=O)n2C. The van der Waals surface area contributed by atoms with E-state index in [0.717, 1.165) is 16.2 Å². The van der Waals surface area contributed by atoms with Crippen LogP contribution in [0.25, 0.3) is 10.9 Å². The molecule has 0 N–H and O–H groups in total. The molecule has 0 atom stereocenters. The molecule has 0 bridgehead atoms. The van der Waals surface area contributed by atoms with Gasteiger partial charge in [-0.3, -0.25) is 4.79 Å². The van der Waals surface area contributed by atoms with Gasteiger partial charge in [0.25, 0.3) is 5.56 Å². The van der Waals surface area contributed by atoms with E-state index in [2.05, 4.69) is 0 Å². The second-order valence-electron chi connectivity index (χ2n) is 6.55. The van der Waals surface area contributed by atoms with Crippen LogP contribution in [0.1, 0.15) is 18.1 Å². The fourth-order valence-corrected chi connectivity index (χ4v) is 4.60. The van der Waals surface area contributed by atoms with E-state index >= 15 is 0 Å². The number of alkyl halides is 3. The molecule has 0 aliphatic carbocycles. The summed E-state index contributed by atoms with van der Waals surface area (Å²) in [7, 11) is -2.71. The van der Waals surface area contributed by atoms with E-state index < -0.39 is 27.3 Å². The second kappa shape index (κ2) is 7.64. The fraction of sp³-hybridized carbons (Fsp3) is 0.250. The van der Waals surface area contributed by atoms with E-state index in [1.165, 1.54) is 23.5 Å². The zero-order valence-electron chi connectivity index (χ0n) is 15.8. The summed E-state index contributed by atoms with van der Waals surface area (Å²) in [5.41, 5.74) is -1.20. The molecule has 0 amide bonds. The number of benzene rings is 2. The number of halogens is 3. The summed E-state index contributed by atoms with van der Waals surface area (Å²) in [6.45, 7) is 1.90. The summed E-state index contributed by atoms with van der Waals surface area (Å²) in [5, 5.41) is -0.337. The van der Waals surface area contributed by atoms with Crippen molar-refractivity contribution in [1.82, 2.24) is 8.87 Å². The Kier molecular flexibility index (Phi) is 5.55. The third-order valence-corrected chi connectivity index (χ3v) is 6.63. The predicted octanol–water partition coefficient (Wildman–Crippen LogP) is 3.77. The highest BCUT2D eigenvalue weighted by Crippen LogP contribution is 2.35. The van der Waals surface area contributed by atoms with Gasteiger partial charge in [0.15, 0.2) is 0 Å². The van der Waals surface area contributed by atoms with E-state index in [4.69, 9.17) is 0 Å². The molecular weight excluding hydrogens is 405 g/mol. The van der Waals surface area contributed by atoms with Crippen molar-refractivity contribution >= 4 is 20.9 Å². The van der Waals surface area contributed by atoms with Gasteiger partial charge in [-0.1, -0.05) is 37.3 Å². The number of aromatic nitrogens is 1. The maximum Gasteiger partial charge on any atom is 0.417 e. The zero-order valence-corrected chi connectivity index (χ0v) is 16.6. The predicted molar refractivity (Wildman–Crippen MR) is 104 cm³/mol. The summed E-state index contributed by atoms with van der Waals surface area (Å²) in [4.78, 5) is 11.6. The fourth-order valence-electron chi connectivity index (χ4n) is 3.14. The van der Waals surface area contributed by atoms with E-state index in [0.29, 0.717) is 6.07 Å². The summed E-state index contributed by atoms with van der Waals surface area (Å²) in [6, 6.07) is 12.8. The largest absolute Gasteiger partial charge is 0.417 e. The average Bonchev–Trinajstić information content (AvgIpc) is 2.68. The Bertz CT molecular complexity index is 1200. The lowest BCUT2D eigenvalue weighted by atomic mass is 10.1. The van der Waals surface area contributed by atoms with Gasteiger partial charge in [0.2, 0.25) is 10.0 Å². The molecule has 3 rings (SSSR count). The molecule has 0 radical (unpaired) electrons. The Labute approximate surface area is 166 Å². The summed E-state index contributed by atoms with van der Waals surface area (Å²) >= 11 is 0. The molecular formula is C20H19F3N2O3S. The standard InChI is InChI=1S/C20H19F3N2O3S/c1-3-25(13-14-7-5-4-6-8-14)29(27,28)15-9-10-18-16(11-15)17(20(21,22)23)12-19(26)24(18)2/h4-12H,3,13H2,1-2H3. The Morgan fingerprint density at radius 2 is 1.69 bits per heavy atom. The molecule has 0 spiro atoms. The Morgan fingerprint density at radius 1 is 1.03 bits per heavy atom. The summed E-state index contributed by atoms with van der Waals surface area (Å²) < 4.78 is 68.8. The highest BCUT2D eigenvalue weighted by molar-refractivity contribution is 7.89. The van der Waals surface area contributed by atoms with Gasteiger partial charge in [-0.2, -0.15) is 17.5 Å². The van der Waals surface area contributed by atoms with Crippen LogP contribution in [-0.4, -0.2) is 23.8 Å². The number of aryl methyl sites for hydroxylation is 1. The minimum absolute atomic E-state index is 0.00915. The molecule has 1 aromatic heterocycles. The monoisotopic (exact) mass is 424 g/mol. The third kappa shape index (κ3) is 4.06. The van der Waals surface area contributed by atoms with Crippen molar-refractivity contribution < 1.29 is 21.6 Å². The Balaban J connectivity index is 2.15.